The number of rotatable bonds is 7. The molecule has 1 rings (SSSR count). The molecule has 0 radical (unpaired) electrons. The van der Waals surface area contributed by atoms with E-state index in [1.807, 2.05) is 38.1 Å². The van der Waals surface area contributed by atoms with Crippen molar-refractivity contribution in [2.75, 3.05) is 26.9 Å². The van der Waals surface area contributed by atoms with Gasteiger partial charge in [0, 0.05) is 6.54 Å². The first-order chi connectivity index (χ1) is 8.07. The summed E-state index contributed by atoms with van der Waals surface area (Å²) in [7, 11) is 1.64. The van der Waals surface area contributed by atoms with Crippen molar-refractivity contribution in [3.05, 3.63) is 24.3 Å². The second-order valence-electron chi connectivity index (χ2n) is 4.34. The summed E-state index contributed by atoms with van der Waals surface area (Å²) in [5.74, 6) is 1.62. The Kier molecular flexibility index (Phi) is 5.25. The first-order valence-electron chi connectivity index (χ1n) is 5.68. The highest BCUT2D eigenvalue weighted by atomic mass is 16.5. The van der Waals surface area contributed by atoms with Crippen molar-refractivity contribution < 1.29 is 14.2 Å². The van der Waals surface area contributed by atoms with Crippen molar-refractivity contribution in [3.8, 4) is 11.5 Å². The average molecular weight is 239 g/mol. The summed E-state index contributed by atoms with van der Waals surface area (Å²) in [6.45, 7) is 5.45. The van der Waals surface area contributed by atoms with Crippen LogP contribution in [0.1, 0.15) is 13.8 Å². The predicted molar refractivity (Wildman–Crippen MR) is 67.6 cm³/mol. The van der Waals surface area contributed by atoms with E-state index in [0.717, 1.165) is 11.5 Å². The summed E-state index contributed by atoms with van der Waals surface area (Å²) < 4.78 is 16.2. The molecule has 0 atom stereocenters. The Hall–Kier alpha value is -1.26. The topological polar surface area (TPSA) is 53.7 Å². The molecule has 0 amide bonds. The summed E-state index contributed by atoms with van der Waals surface area (Å²) in [4.78, 5) is 0. The lowest BCUT2D eigenvalue weighted by Crippen LogP contribution is -2.35. The molecule has 17 heavy (non-hydrogen) atoms. The van der Waals surface area contributed by atoms with Crippen molar-refractivity contribution >= 4 is 0 Å². The van der Waals surface area contributed by atoms with E-state index in [2.05, 4.69) is 0 Å². The third-order valence-corrected chi connectivity index (χ3v) is 2.40. The second-order valence-corrected chi connectivity index (χ2v) is 4.34. The Labute approximate surface area is 103 Å². The van der Waals surface area contributed by atoms with E-state index in [9.17, 15) is 0 Å². The third-order valence-electron chi connectivity index (χ3n) is 2.40. The van der Waals surface area contributed by atoms with Gasteiger partial charge in [0.25, 0.3) is 0 Å². The smallest absolute Gasteiger partial charge is 0.119 e. The summed E-state index contributed by atoms with van der Waals surface area (Å²) in [6.07, 6.45) is 0. The maximum atomic E-state index is 5.57. The van der Waals surface area contributed by atoms with Gasteiger partial charge in [0.15, 0.2) is 0 Å². The highest BCUT2D eigenvalue weighted by molar-refractivity contribution is 5.31. The Bertz CT molecular complexity index is 322. The van der Waals surface area contributed by atoms with Crippen molar-refractivity contribution in [2.45, 2.75) is 19.4 Å². The molecule has 0 saturated heterocycles. The number of benzene rings is 1. The fourth-order valence-electron chi connectivity index (χ4n) is 1.21. The zero-order chi connectivity index (χ0) is 12.7. The predicted octanol–water partition coefficient (Wildman–Crippen LogP) is 1.83. The van der Waals surface area contributed by atoms with Crippen LogP contribution in [-0.4, -0.2) is 32.5 Å². The molecule has 0 fully saturated rings. The molecule has 0 unspecified atom stereocenters. The molecule has 4 heteroatoms. The number of hydrogen-bond acceptors (Lipinski definition) is 4. The molecule has 0 aliphatic carbocycles. The zero-order valence-corrected chi connectivity index (χ0v) is 10.7. The molecule has 4 nitrogen and oxygen atoms in total. The van der Waals surface area contributed by atoms with E-state index in [1.54, 1.807) is 7.11 Å². The number of methoxy groups -OCH3 is 1. The van der Waals surface area contributed by atoms with Gasteiger partial charge in [0.2, 0.25) is 0 Å². The maximum absolute atomic E-state index is 5.57. The number of hydrogen-bond donors (Lipinski definition) is 1. The van der Waals surface area contributed by atoms with Crippen LogP contribution in [0.2, 0.25) is 0 Å². The molecule has 0 aliphatic rings. The fourth-order valence-corrected chi connectivity index (χ4v) is 1.21. The quantitative estimate of drug-likeness (QED) is 0.737. The lowest BCUT2D eigenvalue weighted by Gasteiger charge is -2.23. The van der Waals surface area contributed by atoms with Gasteiger partial charge in [-0.1, -0.05) is 0 Å². The van der Waals surface area contributed by atoms with Gasteiger partial charge in [-0.05, 0) is 38.1 Å². The largest absolute Gasteiger partial charge is 0.497 e. The first kappa shape index (κ1) is 13.8. The number of nitrogens with two attached hydrogens (primary N) is 1. The minimum atomic E-state index is -0.288. The second kappa shape index (κ2) is 6.47. The molecule has 0 heterocycles. The first-order valence-corrected chi connectivity index (χ1v) is 5.68. The Morgan fingerprint density at radius 3 is 2.18 bits per heavy atom. The van der Waals surface area contributed by atoms with Crippen LogP contribution in [0.5, 0.6) is 11.5 Å². The summed E-state index contributed by atoms with van der Waals surface area (Å²) in [5, 5.41) is 0. The van der Waals surface area contributed by atoms with Crippen LogP contribution < -0.4 is 15.2 Å². The highest BCUT2D eigenvalue weighted by Gasteiger charge is 2.14. The van der Waals surface area contributed by atoms with E-state index in [0.29, 0.717) is 19.8 Å². The molecule has 1 aromatic carbocycles. The van der Waals surface area contributed by atoms with E-state index in [-0.39, 0.29) is 5.60 Å². The van der Waals surface area contributed by atoms with Gasteiger partial charge in [-0.2, -0.15) is 0 Å². The van der Waals surface area contributed by atoms with Crippen LogP contribution in [0, 0.1) is 0 Å². The fraction of sp³-hybridized carbons (Fsp3) is 0.538. The molecule has 0 saturated carbocycles. The molecule has 96 valence electrons. The van der Waals surface area contributed by atoms with E-state index in [4.69, 9.17) is 19.9 Å². The molecule has 2 N–H and O–H groups in total. The number of ether oxygens (including phenoxy) is 3. The van der Waals surface area contributed by atoms with Crippen LogP contribution in [0.15, 0.2) is 24.3 Å². The summed E-state index contributed by atoms with van der Waals surface area (Å²) in [5.41, 5.74) is 5.26. The lowest BCUT2D eigenvalue weighted by molar-refractivity contribution is -0.0229. The molecular weight excluding hydrogens is 218 g/mol. The highest BCUT2D eigenvalue weighted by Crippen LogP contribution is 2.17. The normalized spacial score (nSPS) is 11.3. The van der Waals surface area contributed by atoms with Gasteiger partial charge in [-0.3, -0.25) is 0 Å². The standard InChI is InChI=1S/C13H21NO3/c1-13(2,10-14)17-9-8-16-12-6-4-11(15-3)5-7-12/h4-7H,8-10,14H2,1-3H3. The molecular formula is C13H21NO3. The minimum Gasteiger partial charge on any atom is -0.497 e. The van der Waals surface area contributed by atoms with Gasteiger partial charge >= 0.3 is 0 Å². The molecule has 1 aromatic rings. The average Bonchev–Trinajstić information content (AvgIpc) is 2.35. The van der Waals surface area contributed by atoms with Crippen LogP contribution >= 0.6 is 0 Å². The summed E-state index contributed by atoms with van der Waals surface area (Å²) >= 11 is 0. The zero-order valence-electron chi connectivity index (χ0n) is 10.7. The van der Waals surface area contributed by atoms with Crippen LogP contribution in [0.3, 0.4) is 0 Å². The monoisotopic (exact) mass is 239 g/mol. The third kappa shape index (κ3) is 5.06. The Balaban J connectivity index is 2.26. The van der Waals surface area contributed by atoms with Gasteiger partial charge in [0.05, 0.1) is 19.3 Å². The van der Waals surface area contributed by atoms with E-state index >= 15 is 0 Å². The van der Waals surface area contributed by atoms with Crippen LogP contribution in [-0.2, 0) is 4.74 Å². The molecule has 0 aliphatic heterocycles. The van der Waals surface area contributed by atoms with Crippen LogP contribution in [0.25, 0.3) is 0 Å². The maximum Gasteiger partial charge on any atom is 0.119 e. The van der Waals surface area contributed by atoms with Crippen molar-refractivity contribution in [1.29, 1.82) is 0 Å². The van der Waals surface area contributed by atoms with E-state index < -0.39 is 0 Å². The lowest BCUT2D eigenvalue weighted by atomic mass is 10.1. The molecule has 0 spiro atoms. The SMILES string of the molecule is COc1ccc(OCCOC(C)(C)CN)cc1. The van der Waals surface area contributed by atoms with Crippen LogP contribution in [0.4, 0.5) is 0 Å². The Morgan fingerprint density at radius 2 is 1.65 bits per heavy atom. The van der Waals surface area contributed by atoms with Gasteiger partial charge in [-0.25, -0.2) is 0 Å². The van der Waals surface area contributed by atoms with Gasteiger partial charge in [-0.15, -0.1) is 0 Å². The van der Waals surface area contributed by atoms with Crippen molar-refractivity contribution in [1.82, 2.24) is 0 Å². The minimum absolute atomic E-state index is 0.288. The van der Waals surface area contributed by atoms with Crippen molar-refractivity contribution in [3.63, 3.8) is 0 Å². The van der Waals surface area contributed by atoms with Gasteiger partial charge < -0.3 is 19.9 Å². The van der Waals surface area contributed by atoms with Gasteiger partial charge in [0.1, 0.15) is 18.1 Å². The molecule has 0 aromatic heterocycles. The van der Waals surface area contributed by atoms with E-state index in [1.165, 1.54) is 0 Å². The molecule has 0 bridgehead atoms. The summed E-state index contributed by atoms with van der Waals surface area (Å²) in [6, 6.07) is 7.46. The Morgan fingerprint density at radius 1 is 1.06 bits per heavy atom. The van der Waals surface area contributed by atoms with Crippen molar-refractivity contribution in [2.24, 2.45) is 5.73 Å².